The van der Waals surface area contributed by atoms with Crippen LogP contribution in [0, 0.1) is 5.92 Å². The van der Waals surface area contributed by atoms with E-state index in [1.807, 2.05) is 48.5 Å². The van der Waals surface area contributed by atoms with E-state index in [4.69, 9.17) is 4.99 Å². The molecule has 8 rings (SSSR count). The lowest BCUT2D eigenvalue weighted by Crippen LogP contribution is -2.18. The van der Waals surface area contributed by atoms with E-state index in [-0.39, 0.29) is 19.6 Å². The minimum Gasteiger partial charge on any atom is -0.359 e. The number of rotatable bonds is 9. The van der Waals surface area contributed by atoms with Gasteiger partial charge in [0, 0.05) is 17.1 Å². The molecule has 268 valence electrons. The van der Waals surface area contributed by atoms with E-state index in [0.717, 1.165) is 65.0 Å². The van der Waals surface area contributed by atoms with Crippen molar-refractivity contribution in [1.29, 1.82) is 0 Å². The van der Waals surface area contributed by atoms with Crippen LogP contribution in [0.2, 0.25) is 0 Å². The van der Waals surface area contributed by atoms with E-state index in [9.17, 15) is 16.8 Å². The Labute approximate surface area is 317 Å². The van der Waals surface area contributed by atoms with Crippen LogP contribution in [0.3, 0.4) is 0 Å². The Kier molecular flexibility index (Phi) is 9.71. The third kappa shape index (κ3) is 7.49. The highest BCUT2D eigenvalue weighted by molar-refractivity contribution is 7.91. The zero-order valence-corrected chi connectivity index (χ0v) is 31.1. The predicted molar refractivity (Wildman–Crippen MR) is 216 cm³/mol. The molecular weight excluding hydrogens is 709 g/mol. The predicted octanol–water partition coefficient (Wildman–Crippen LogP) is 10.9. The maximum atomic E-state index is 13.0. The molecule has 0 radical (unpaired) electrons. The van der Waals surface area contributed by atoms with Crippen LogP contribution in [0.1, 0.15) is 25.7 Å². The van der Waals surface area contributed by atoms with Crippen molar-refractivity contribution in [3.63, 3.8) is 0 Å². The fourth-order valence-electron chi connectivity index (χ4n) is 7.08. The highest BCUT2D eigenvalue weighted by Gasteiger charge is 2.24. The average Bonchev–Trinajstić information content (AvgIpc) is 3.22. The van der Waals surface area contributed by atoms with Gasteiger partial charge in [-0.05, 0) is 144 Å². The summed E-state index contributed by atoms with van der Waals surface area (Å²) in [6.45, 7) is 0. The lowest BCUT2D eigenvalue weighted by Gasteiger charge is -2.29. The van der Waals surface area contributed by atoms with Crippen molar-refractivity contribution < 1.29 is 16.8 Å². The number of fused-ring (bicyclic) bond motifs is 1. The molecule has 0 saturated heterocycles. The maximum Gasteiger partial charge on any atom is 0.206 e. The van der Waals surface area contributed by atoms with Crippen molar-refractivity contribution in [2.75, 3.05) is 5.32 Å². The largest absolute Gasteiger partial charge is 0.359 e. The molecule has 2 aliphatic rings. The number of allylic oxidation sites excluding steroid dienone is 4. The van der Waals surface area contributed by atoms with Crippen LogP contribution in [0.25, 0.3) is 22.3 Å². The van der Waals surface area contributed by atoms with Crippen molar-refractivity contribution in [2.45, 2.75) is 45.3 Å². The molecule has 0 heterocycles. The first-order valence-electron chi connectivity index (χ1n) is 18.0. The van der Waals surface area contributed by atoms with Gasteiger partial charge in [0.15, 0.2) is 0 Å². The molecule has 0 saturated carbocycles. The summed E-state index contributed by atoms with van der Waals surface area (Å²) in [4.78, 5) is 6.11. The Bertz CT molecular complexity index is 2600. The van der Waals surface area contributed by atoms with E-state index in [1.54, 1.807) is 84.9 Å². The Balaban J connectivity index is 0.919. The smallest absolute Gasteiger partial charge is 0.206 e. The molecule has 0 aromatic heterocycles. The molecule has 6 aromatic rings. The van der Waals surface area contributed by atoms with Gasteiger partial charge in [-0.25, -0.2) is 16.8 Å². The fraction of sp³-hybridized carbons (Fsp3) is 0.109. The van der Waals surface area contributed by atoms with Gasteiger partial charge in [-0.3, -0.25) is 4.99 Å². The van der Waals surface area contributed by atoms with Gasteiger partial charge in [-0.2, -0.15) is 0 Å². The number of aliphatic imine (C=N–C) groups is 1. The molecule has 6 nitrogen and oxygen atoms in total. The van der Waals surface area contributed by atoms with Gasteiger partial charge in [-0.15, -0.1) is 0 Å². The second-order valence-electron chi connectivity index (χ2n) is 13.6. The van der Waals surface area contributed by atoms with Crippen LogP contribution in [0.5, 0.6) is 0 Å². The third-order valence-electron chi connectivity index (χ3n) is 10.1. The molecule has 0 bridgehead atoms. The average molecular weight is 747 g/mol. The minimum atomic E-state index is -3.56. The quantitative estimate of drug-likeness (QED) is 0.159. The zero-order valence-electron chi connectivity index (χ0n) is 29.5. The normalized spacial score (nSPS) is 16.6. The first-order valence-corrected chi connectivity index (χ1v) is 21.0. The summed E-state index contributed by atoms with van der Waals surface area (Å²) in [5, 5.41) is 3.61. The van der Waals surface area contributed by atoms with Gasteiger partial charge < -0.3 is 5.32 Å². The molecule has 0 fully saturated rings. The summed E-state index contributed by atoms with van der Waals surface area (Å²) < 4.78 is 51.9. The van der Waals surface area contributed by atoms with Crippen LogP contribution in [-0.2, 0) is 19.7 Å². The number of hydrogen-bond acceptors (Lipinski definition) is 6. The molecule has 1 atom stereocenters. The van der Waals surface area contributed by atoms with E-state index >= 15 is 0 Å². The van der Waals surface area contributed by atoms with Gasteiger partial charge in [0.05, 0.1) is 25.3 Å². The molecule has 0 aliphatic heterocycles. The summed E-state index contributed by atoms with van der Waals surface area (Å²) in [7, 11) is -7.11. The minimum absolute atomic E-state index is 0.274. The number of anilines is 1. The highest BCUT2D eigenvalue weighted by atomic mass is 32.2. The summed E-state index contributed by atoms with van der Waals surface area (Å²) in [5.74, 6) is 0.529. The van der Waals surface area contributed by atoms with E-state index < -0.39 is 19.7 Å². The van der Waals surface area contributed by atoms with Crippen LogP contribution >= 0.6 is 0 Å². The van der Waals surface area contributed by atoms with Crippen molar-refractivity contribution >= 4 is 36.8 Å². The van der Waals surface area contributed by atoms with E-state index in [2.05, 4.69) is 41.7 Å². The second kappa shape index (κ2) is 14.9. The number of benzene rings is 6. The Morgan fingerprint density at radius 3 is 1.39 bits per heavy atom. The lowest BCUT2D eigenvalue weighted by atomic mass is 9.79. The van der Waals surface area contributed by atoms with Crippen molar-refractivity contribution in [3.05, 3.63) is 181 Å². The molecule has 0 amide bonds. The van der Waals surface area contributed by atoms with Crippen LogP contribution in [-0.4, -0.2) is 22.5 Å². The number of sulfone groups is 2. The van der Waals surface area contributed by atoms with E-state index in [1.165, 1.54) is 11.3 Å². The summed E-state index contributed by atoms with van der Waals surface area (Å²) in [6.07, 6.45) is 8.59. The summed E-state index contributed by atoms with van der Waals surface area (Å²) >= 11 is 0. The molecule has 1 N–H and O–H groups in total. The third-order valence-corrected chi connectivity index (χ3v) is 13.7. The van der Waals surface area contributed by atoms with Gasteiger partial charge in [0.2, 0.25) is 19.7 Å². The number of nitrogens with one attached hydrogen (secondary N) is 1. The molecule has 8 heteroatoms. The van der Waals surface area contributed by atoms with Gasteiger partial charge in [0.1, 0.15) is 0 Å². The molecule has 2 aliphatic carbocycles. The van der Waals surface area contributed by atoms with Crippen molar-refractivity contribution in [3.8, 4) is 22.3 Å². The second-order valence-corrected chi connectivity index (χ2v) is 17.5. The van der Waals surface area contributed by atoms with Crippen LogP contribution in [0.4, 0.5) is 11.4 Å². The van der Waals surface area contributed by atoms with Crippen LogP contribution < -0.4 is 5.32 Å². The SMILES string of the molecule is O=S(=O)(c1ccccc1)c1ccc(-c2ccc(/N=C3/C=C4C=C(Nc5ccc(-c6ccc(S(=O)(=O)c7ccccc7)cc6)cc5)CCC4CC3)cc2)cc1. The van der Waals surface area contributed by atoms with Gasteiger partial charge >= 0.3 is 0 Å². The lowest BCUT2D eigenvalue weighted by molar-refractivity contribution is 0.515. The first kappa shape index (κ1) is 35.2. The first-order chi connectivity index (χ1) is 26.2. The fourth-order valence-corrected chi connectivity index (χ4v) is 9.65. The summed E-state index contributed by atoms with van der Waals surface area (Å²) in [5.41, 5.74) is 9.34. The Morgan fingerprint density at radius 1 is 0.463 bits per heavy atom. The van der Waals surface area contributed by atoms with E-state index in [0.29, 0.717) is 5.92 Å². The number of hydrogen-bond donors (Lipinski definition) is 1. The standard InChI is InChI=1S/C46H38N2O4S2/c49-53(50,43-7-3-1-4-8-43)45-27-17-35(18-28-45)33-11-21-39(22-12-33)47-41-25-15-37-16-26-42(32-38(37)31-41)48-40-23-13-34(14-24-40)36-19-29-46(30-20-36)54(51,52)44-9-5-2-6-10-44/h1-14,17-24,27-32,37,47H,15-16,25-26H2/b48-42+. The molecule has 1 unspecified atom stereocenters. The molecule has 0 spiro atoms. The summed E-state index contributed by atoms with van der Waals surface area (Å²) in [6, 6.07) is 47.3. The molecule has 54 heavy (non-hydrogen) atoms. The molecule has 6 aromatic carbocycles. The Hall–Kier alpha value is -5.83. The van der Waals surface area contributed by atoms with Crippen LogP contribution in [0.15, 0.2) is 206 Å². The van der Waals surface area contributed by atoms with Crippen molar-refractivity contribution in [1.82, 2.24) is 0 Å². The number of nitrogens with zero attached hydrogens (tertiary/aromatic N) is 1. The monoisotopic (exact) mass is 746 g/mol. The zero-order chi connectivity index (χ0) is 37.1. The topological polar surface area (TPSA) is 92.7 Å². The maximum absolute atomic E-state index is 13.0. The van der Waals surface area contributed by atoms with Gasteiger partial charge in [-0.1, -0.05) is 84.9 Å². The van der Waals surface area contributed by atoms with Crippen molar-refractivity contribution in [2.24, 2.45) is 10.9 Å². The highest BCUT2D eigenvalue weighted by Crippen LogP contribution is 2.36. The Morgan fingerprint density at radius 2 is 0.889 bits per heavy atom. The molecular formula is C46H38N2O4S2. The van der Waals surface area contributed by atoms with Gasteiger partial charge in [0.25, 0.3) is 0 Å².